The highest BCUT2D eigenvalue weighted by Gasteiger charge is 2.08. The van der Waals surface area contributed by atoms with Crippen molar-refractivity contribution in [3.05, 3.63) is 58.9 Å². The number of carbonyl (C=O) groups excluding carboxylic acids is 2. The lowest BCUT2D eigenvalue weighted by atomic mass is 10.2. The molecule has 0 spiro atoms. The van der Waals surface area contributed by atoms with Crippen molar-refractivity contribution in [2.24, 2.45) is 0 Å². The van der Waals surface area contributed by atoms with Crippen LogP contribution < -0.4 is 10.6 Å². The normalized spacial score (nSPS) is 10.0. The van der Waals surface area contributed by atoms with Gasteiger partial charge in [-0.3, -0.25) is 9.59 Å². The molecule has 0 radical (unpaired) electrons. The van der Waals surface area contributed by atoms with Gasteiger partial charge >= 0.3 is 0 Å². The van der Waals surface area contributed by atoms with Crippen LogP contribution >= 0.6 is 11.6 Å². The summed E-state index contributed by atoms with van der Waals surface area (Å²) in [5.74, 6) is -1.18. The Morgan fingerprint density at radius 2 is 1.62 bits per heavy atom. The standard InChI is InChI=1S/C15H12ClFN2O2/c1-9(20)18-11-4-2-10(3-5-11)15(21)19-12-6-7-13(16)14(17)8-12/h2-8H,1H3,(H,18,20)(H,19,21). The number of halogens is 2. The number of amides is 2. The number of hydrogen-bond acceptors (Lipinski definition) is 2. The van der Waals surface area contributed by atoms with Crippen molar-refractivity contribution in [1.82, 2.24) is 0 Å². The van der Waals surface area contributed by atoms with Crippen molar-refractivity contribution in [3.8, 4) is 0 Å². The van der Waals surface area contributed by atoms with E-state index in [1.54, 1.807) is 24.3 Å². The van der Waals surface area contributed by atoms with Gasteiger partial charge in [0, 0.05) is 23.9 Å². The summed E-state index contributed by atoms with van der Waals surface area (Å²) in [6, 6.07) is 10.4. The lowest BCUT2D eigenvalue weighted by molar-refractivity contribution is -0.114. The summed E-state index contributed by atoms with van der Waals surface area (Å²) in [6.45, 7) is 1.40. The lowest BCUT2D eigenvalue weighted by Crippen LogP contribution is -2.12. The van der Waals surface area contributed by atoms with Crippen molar-refractivity contribution in [2.75, 3.05) is 10.6 Å². The number of carbonyl (C=O) groups is 2. The van der Waals surface area contributed by atoms with E-state index < -0.39 is 5.82 Å². The fraction of sp³-hybridized carbons (Fsp3) is 0.0667. The summed E-state index contributed by atoms with van der Waals surface area (Å²) in [5.41, 5.74) is 1.30. The van der Waals surface area contributed by atoms with Crippen LogP contribution in [-0.4, -0.2) is 11.8 Å². The maximum Gasteiger partial charge on any atom is 0.255 e. The third-order valence-corrected chi connectivity index (χ3v) is 2.95. The number of benzene rings is 2. The second-order valence-electron chi connectivity index (χ2n) is 4.34. The predicted octanol–water partition coefficient (Wildman–Crippen LogP) is 3.69. The molecular weight excluding hydrogens is 295 g/mol. The first kappa shape index (κ1) is 15.0. The van der Waals surface area contributed by atoms with Gasteiger partial charge in [0.25, 0.3) is 5.91 Å². The van der Waals surface area contributed by atoms with E-state index >= 15 is 0 Å². The Morgan fingerprint density at radius 3 is 2.19 bits per heavy atom. The minimum Gasteiger partial charge on any atom is -0.326 e. The average Bonchev–Trinajstić information content (AvgIpc) is 2.43. The van der Waals surface area contributed by atoms with Crippen molar-refractivity contribution in [3.63, 3.8) is 0 Å². The van der Waals surface area contributed by atoms with Crippen molar-refractivity contribution >= 4 is 34.8 Å². The molecule has 0 aromatic heterocycles. The smallest absolute Gasteiger partial charge is 0.255 e. The quantitative estimate of drug-likeness (QED) is 0.908. The number of hydrogen-bond donors (Lipinski definition) is 2. The molecule has 6 heteroatoms. The van der Waals surface area contributed by atoms with E-state index in [2.05, 4.69) is 10.6 Å². The second kappa shape index (κ2) is 6.37. The monoisotopic (exact) mass is 306 g/mol. The topological polar surface area (TPSA) is 58.2 Å². The second-order valence-corrected chi connectivity index (χ2v) is 4.75. The highest BCUT2D eigenvalue weighted by atomic mass is 35.5. The van der Waals surface area contributed by atoms with Crippen molar-refractivity contribution in [2.45, 2.75) is 6.92 Å². The zero-order chi connectivity index (χ0) is 15.4. The predicted molar refractivity (Wildman–Crippen MR) is 80.1 cm³/mol. The highest BCUT2D eigenvalue weighted by Crippen LogP contribution is 2.19. The molecule has 0 saturated carbocycles. The Morgan fingerprint density at radius 1 is 1.00 bits per heavy atom. The molecule has 0 saturated heterocycles. The first-order valence-electron chi connectivity index (χ1n) is 6.10. The Hall–Kier alpha value is -2.40. The van der Waals surface area contributed by atoms with Gasteiger partial charge in [-0.1, -0.05) is 11.6 Å². The molecule has 0 aliphatic rings. The maximum atomic E-state index is 13.3. The summed E-state index contributed by atoms with van der Waals surface area (Å²) in [5, 5.41) is 5.15. The Balaban J connectivity index is 2.09. The fourth-order valence-electron chi connectivity index (χ4n) is 1.69. The SMILES string of the molecule is CC(=O)Nc1ccc(C(=O)Nc2ccc(Cl)c(F)c2)cc1. The van der Waals surface area contributed by atoms with Crippen molar-refractivity contribution in [1.29, 1.82) is 0 Å². The van der Waals surface area contributed by atoms with Gasteiger partial charge in [-0.25, -0.2) is 4.39 Å². The average molecular weight is 307 g/mol. The molecule has 0 atom stereocenters. The van der Waals surface area contributed by atoms with Gasteiger partial charge in [0.1, 0.15) is 5.82 Å². The molecular formula is C15H12ClFN2O2. The molecule has 0 fully saturated rings. The van der Waals surface area contributed by atoms with Crippen LogP contribution in [0, 0.1) is 5.82 Å². The van der Waals surface area contributed by atoms with E-state index in [9.17, 15) is 14.0 Å². The fourth-order valence-corrected chi connectivity index (χ4v) is 1.80. The van der Waals surface area contributed by atoms with Crippen molar-refractivity contribution < 1.29 is 14.0 Å². The molecule has 0 heterocycles. The van der Waals surface area contributed by atoms with Gasteiger partial charge < -0.3 is 10.6 Å². The molecule has 2 rings (SSSR count). The largest absolute Gasteiger partial charge is 0.326 e. The molecule has 0 unspecified atom stereocenters. The van der Waals surface area contributed by atoms with Gasteiger partial charge in [-0.15, -0.1) is 0 Å². The van der Waals surface area contributed by atoms with Gasteiger partial charge in [-0.05, 0) is 42.5 Å². The molecule has 2 amide bonds. The molecule has 0 aliphatic carbocycles. The van der Waals surface area contributed by atoms with Gasteiger partial charge in [0.2, 0.25) is 5.91 Å². The highest BCUT2D eigenvalue weighted by molar-refractivity contribution is 6.30. The first-order chi connectivity index (χ1) is 9.95. The molecule has 0 aliphatic heterocycles. The van der Waals surface area contributed by atoms with E-state index in [1.165, 1.54) is 19.1 Å². The van der Waals surface area contributed by atoms with E-state index in [0.29, 0.717) is 16.9 Å². The van der Waals surface area contributed by atoms with Crippen LogP contribution in [0.2, 0.25) is 5.02 Å². The van der Waals surface area contributed by atoms with Crippen LogP contribution in [0.3, 0.4) is 0 Å². The first-order valence-corrected chi connectivity index (χ1v) is 6.47. The number of nitrogens with one attached hydrogen (secondary N) is 2. The van der Waals surface area contributed by atoms with Gasteiger partial charge in [0.15, 0.2) is 0 Å². The molecule has 0 bridgehead atoms. The van der Waals surface area contributed by atoms with Gasteiger partial charge in [0.05, 0.1) is 5.02 Å². The summed E-state index contributed by atoms with van der Waals surface area (Å²) in [4.78, 5) is 22.9. The third-order valence-electron chi connectivity index (χ3n) is 2.64. The Kier molecular flexibility index (Phi) is 4.55. The summed E-state index contributed by atoms with van der Waals surface area (Å²) in [7, 11) is 0. The molecule has 2 aromatic rings. The van der Waals surface area contributed by atoms with Crippen LogP contribution in [0.5, 0.6) is 0 Å². The zero-order valence-electron chi connectivity index (χ0n) is 11.1. The molecule has 4 nitrogen and oxygen atoms in total. The molecule has 21 heavy (non-hydrogen) atoms. The van der Waals surface area contributed by atoms with E-state index in [0.717, 1.165) is 6.07 Å². The minimum absolute atomic E-state index is 0.00680. The zero-order valence-corrected chi connectivity index (χ0v) is 11.9. The Bertz CT molecular complexity index is 687. The third kappa shape index (κ3) is 4.03. The summed E-state index contributed by atoms with van der Waals surface area (Å²) < 4.78 is 13.3. The molecule has 108 valence electrons. The van der Waals surface area contributed by atoms with Crippen LogP contribution in [0.4, 0.5) is 15.8 Å². The van der Waals surface area contributed by atoms with Crippen LogP contribution in [-0.2, 0) is 4.79 Å². The lowest BCUT2D eigenvalue weighted by Gasteiger charge is -2.07. The summed E-state index contributed by atoms with van der Waals surface area (Å²) >= 11 is 5.57. The number of rotatable bonds is 3. The van der Waals surface area contributed by atoms with E-state index in [1.807, 2.05) is 0 Å². The minimum atomic E-state index is -0.601. The van der Waals surface area contributed by atoms with E-state index in [4.69, 9.17) is 11.6 Å². The van der Waals surface area contributed by atoms with Crippen LogP contribution in [0.15, 0.2) is 42.5 Å². The van der Waals surface area contributed by atoms with Gasteiger partial charge in [-0.2, -0.15) is 0 Å². The number of anilines is 2. The summed E-state index contributed by atoms with van der Waals surface area (Å²) in [6.07, 6.45) is 0. The molecule has 2 N–H and O–H groups in total. The van der Waals surface area contributed by atoms with Crippen LogP contribution in [0.25, 0.3) is 0 Å². The Labute approximate surface area is 125 Å². The van der Waals surface area contributed by atoms with Crippen LogP contribution in [0.1, 0.15) is 17.3 Å². The van der Waals surface area contributed by atoms with E-state index in [-0.39, 0.29) is 16.8 Å². The molecule has 2 aromatic carbocycles. The maximum absolute atomic E-state index is 13.3.